The number of phenolic OH excluding ortho intramolecular Hbond substituents is 1. The number of phenols is 1. The van der Waals surface area contributed by atoms with E-state index >= 15 is 0 Å². The molecule has 58 heavy (non-hydrogen) atoms. The summed E-state index contributed by atoms with van der Waals surface area (Å²) in [5, 5.41) is 36.2. The molecule has 6 aromatic carbocycles. The molecule has 0 fully saturated rings. The molecule has 2 unspecified atom stereocenters. The first kappa shape index (κ1) is 43.7. The predicted molar refractivity (Wildman–Crippen MR) is 220 cm³/mol. The predicted octanol–water partition coefficient (Wildman–Crippen LogP) is 9.60. The normalized spacial score (nSPS) is 11.3. The Morgan fingerprint density at radius 2 is 1.03 bits per heavy atom. The third-order valence-corrected chi connectivity index (χ3v) is 8.84. The van der Waals surface area contributed by atoms with E-state index in [0.29, 0.717) is 27.6 Å². The van der Waals surface area contributed by atoms with Gasteiger partial charge in [0.25, 0.3) is 0 Å². The first-order valence-corrected chi connectivity index (χ1v) is 17.7. The lowest BCUT2D eigenvalue weighted by Gasteiger charge is -2.17. The van der Waals surface area contributed by atoms with Gasteiger partial charge in [-0.3, -0.25) is 4.79 Å². The zero-order valence-electron chi connectivity index (χ0n) is 29.4. The summed E-state index contributed by atoms with van der Waals surface area (Å²) >= 11 is 3.24. The number of nitrogens with zero attached hydrogens (tertiary/aromatic N) is 6. The van der Waals surface area contributed by atoms with Gasteiger partial charge in [-0.25, -0.2) is 13.6 Å². The van der Waals surface area contributed by atoms with Crippen LogP contribution in [0.5, 0.6) is 11.5 Å². The maximum atomic E-state index is 13.9. The standard InChI is InChI=1S/C20H14FN3O3.C12H8FN3O.C9H9BrO2.2CH4/c21-14-10-11-18(27-19(20(25)26)13-6-2-1-3-7-13)17(12-14)24-22-15-8-4-5-9-16(15)23-24;13-8-5-6-12(17)11(7-8)16-14-9-3-1-2-4-10(9)15-16;1-12-9(11)8(10)7-5-3-2-4-6-7;;/h1-12,19H,(H,25,26);1-7,17H;2-6,8H,1H3;2*1H4. The molecule has 0 radical (unpaired) electrons. The van der Waals surface area contributed by atoms with Gasteiger partial charge in [-0.05, 0) is 54.1 Å². The number of methoxy groups -OCH3 is 1. The number of aliphatic carboxylic acids is 1. The molecule has 0 saturated carbocycles. The summed E-state index contributed by atoms with van der Waals surface area (Å²) in [4.78, 5) is 24.9. The van der Waals surface area contributed by atoms with Crippen LogP contribution >= 0.6 is 15.9 Å². The molecule has 0 aliphatic carbocycles. The lowest BCUT2D eigenvalue weighted by atomic mass is 10.1. The molecule has 0 amide bonds. The van der Waals surface area contributed by atoms with Crippen molar-refractivity contribution in [2.75, 3.05) is 7.11 Å². The number of carbonyl (C=O) groups is 2. The van der Waals surface area contributed by atoms with Gasteiger partial charge in [-0.2, -0.15) is 0 Å². The maximum absolute atomic E-state index is 13.9. The second-order valence-electron chi connectivity index (χ2n) is 11.7. The van der Waals surface area contributed by atoms with Crippen LogP contribution in [0.1, 0.15) is 36.9 Å². The molecule has 2 aromatic heterocycles. The highest BCUT2D eigenvalue weighted by Crippen LogP contribution is 2.30. The van der Waals surface area contributed by atoms with Crippen LogP contribution in [-0.2, 0) is 14.3 Å². The van der Waals surface area contributed by atoms with Gasteiger partial charge in [-0.15, -0.1) is 30.0 Å². The van der Waals surface area contributed by atoms with Crippen LogP contribution in [0.25, 0.3) is 33.4 Å². The van der Waals surface area contributed by atoms with Crippen LogP contribution in [0, 0.1) is 11.6 Å². The molecule has 8 rings (SSSR count). The number of hydrogen-bond acceptors (Lipinski definition) is 9. The number of fused-ring (bicyclic) bond motifs is 2. The average Bonchev–Trinajstić information content (AvgIpc) is 3.87. The quantitative estimate of drug-likeness (QED) is 0.112. The lowest BCUT2D eigenvalue weighted by molar-refractivity contribution is -0.145. The van der Waals surface area contributed by atoms with Crippen molar-refractivity contribution in [3.8, 4) is 22.9 Å². The largest absolute Gasteiger partial charge is 0.506 e. The number of carbonyl (C=O) groups excluding carboxylic acids is 1. The molecule has 0 bridgehead atoms. The Labute approximate surface area is 341 Å². The van der Waals surface area contributed by atoms with Crippen molar-refractivity contribution >= 4 is 49.9 Å². The molecule has 0 aliphatic rings. The van der Waals surface area contributed by atoms with Gasteiger partial charge in [0, 0.05) is 17.7 Å². The summed E-state index contributed by atoms with van der Waals surface area (Å²) in [6, 6.07) is 39.9. The molecule has 2 atom stereocenters. The third kappa shape index (κ3) is 10.6. The first-order valence-electron chi connectivity index (χ1n) is 16.8. The van der Waals surface area contributed by atoms with Crippen LogP contribution in [0.15, 0.2) is 146 Å². The van der Waals surface area contributed by atoms with Gasteiger partial charge in [-0.1, -0.05) is 116 Å². The Morgan fingerprint density at radius 1 is 0.621 bits per heavy atom. The van der Waals surface area contributed by atoms with Crippen molar-refractivity contribution in [3.63, 3.8) is 0 Å². The van der Waals surface area contributed by atoms with Crippen LogP contribution in [0.4, 0.5) is 8.78 Å². The fourth-order valence-electron chi connectivity index (χ4n) is 5.22. The number of carboxylic acid groups (broad SMARTS) is 1. The van der Waals surface area contributed by atoms with E-state index in [2.05, 4.69) is 41.1 Å². The number of hydrogen-bond donors (Lipinski definition) is 2. The smallest absolute Gasteiger partial charge is 0.349 e. The molecule has 8 aromatic rings. The minimum absolute atomic E-state index is 0. The van der Waals surface area contributed by atoms with Crippen LogP contribution in [0.2, 0.25) is 0 Å². The molecule has 0 spiro atoms. The van der Waals surface area contributed by atoms with Crippen molar-refractivity contribution in [3.05, 3.63) is 168 Å². The van der Waals surface area contributed by atoms with Gasteiger partial charge in [0.1, 0.15) is 61.4 Å². The molecule has 15 heteroatoms. The summed E-state index contributed by atoms with van der Waals surface area (Å²) < 4.78 is 37.3. The number of halogens is 3. The lowest BCUT2D eigenvalue weighted by Crippen LogP contribution is -2.19. The number of esters is 1. The molecular formula is C43H39BrF2N6O6. The van der Waals surface area contributed by atoms with Crippen LogP contribution in [-0.4, -0.2) is 59.2 Å². The van der Waals surface area contributed by atoms with Crippen molar-refractivity contribution in [1.82, 2.24) is 30.0 Å². The maximum Gasteiger partial charge on any atom is 0.349 e. The van der Waals surface area contributed by atoms with E-state index in [9.17, 15) is 28.6 Å². The summed E-state index contributed by atoms with van der Waals surface area (Å²) in [6.45, 7) is 0. The molecule has 0 aliphatic heterocycles. The highest BCUT2D eigenvalue weighted by molar-refractivity contribution is 9.09. The van der Waals surface area contributed by atoms with Crippen molar-refractivity contribution in [2.24, 2.45) is 0 Å². The third-order valence-electron chi connectivity index (χ3n) is 7.93. The fourth-order valence-corrected chi connectivity index (χ4v) is 5.71. The van der Waals surface area contributed by atoms with E-state index < -0.39 is 23.7 Å². The number of carboxylic acids is 1. The number of rotatable bonds is 8. The second-order valence-corrected chi connectivity index (χ2v) is 12.7. The van der Waals surface area contributed by atoms with Crippen molar-refractivity contribution in [1.29, 1.82) is 0 Å². The monoisotopic (exact) mass is 852 g/mol. The van der Waals surface area contributed by atoms with Crippen molar-refractivity contribution in [2.45, 2.75) is 25.8 Å². The molecule has 298 valence electrons. The molecule has 2 N–H and O–H groups in total. The summed E-state index contributed by atoms with van der Waals surface area (Å²) in [5.41, 5.74) is 4.46. The summed E-state index contributed by atoms with van der Waals surface area (Å²) in [5.74, 6) is -2.29. The summed E-state index contributed by atoms with van der Waals surface area (Å²) in [6.07, 6.45) is -1.25. The average molecular weight is 854 g/mol. The topological polar surface area (TPSA) is 154 Å². The minimum atomic E-state index is -1.25. The zero-order chi connectivity index (χ0) is 39.6. The Hall–Kier alpha value is -7.00. The molecular weight excluding hydrogens is 814 g/mol. The van der Waals surface area contributed by atoms with E-state index in [0.717, 1.165) is 5.56 Å². The van der Waals surface area contributed by atoms with Gasteiger partial charge in [0.2, 0.25) is 6.10 Å². The Balaban J connectivity index is 0.000000206. The number of benzene rings is 6. The highest BCUT2D eigenvalue weighted by Gasteiger charge is 2.24. The Kier molecular flexibility index (Phi) is 15.3. The van der Waals surface area contributed by atoms with Gasteiger partial charge in [0.05, 0.1) is 7.11 Å². The zero-order valence-corrected chi connectivity index (χ0v) is 30.9. The Bertz CT molecular complexity index is 2520. The second kappa shape index (κ2) is 20.2. The number of aromatic hydroxyl groups is 1. The van der Waals surface area contributed by atoms with Crippen LogP contribution < -0.4 is 4.74 Å². The summed E-state index contributed by atoms with van der Waals surface area (Å²) in [7, 11) is 1.37. The SMILES string of the molecule is C.C.COC(=O)C(Br)c1ccccc1.O=C(O)C(Oc1ccc(F)cc1-n1nc2ccccc2n1)c1ccccc1.Oc1ccc(F)cc1-n1nc2ccccc2n1. The van der Waals surface area contributed by atoms with Gasteiger partial charge < -0.3 is 19.7 Å². The molecule has 2 heterocycles. The number of alkyl halides is 1. The highest BCUT2D eigenvalue weighted by atomic mass is 79.9. The molecule has 0 saturated heterocycles. The van der Waals surface area contributed by atoms with E-state index in [-0.39, 0.29) is 48.5 Å². The van der Waals surface area contributed by atoms with E-state index in [1.807, 2.05) is 54.6 Å². The van der Waals surface area contributed by atoms with E-state index in [4.69, 9.17) is 4.74 Å². The Morgan fingerprint density at radius 3 is 1.50 bits per heavy atom. The van der Waals surface area contributed by atoms with Gasteiger partial charge in [0.15, 0.2) is 0 Å². The number of ether oxygens (including phenoxy) is 2. The van der Waals surface area contributed by atoms with Gasteiger partial charge >= 0.3 is 11.9 Å². The van der Waals surface area contributed by atoms with Crippen molar-refractivity contribution < 1.29 is 38.1 Å². The molecule has 12 nitrogen and oxygen atoms in total. The fraction of sp³-hybridized carbons (Fsp3) is 0.116. The van der Waals surface area contributed by atoms with E-state index in [1.54, 1.807) is 54.6 Å². The number of aromatic nitrogens is 6. The van der Waals surface area contributed by atoms with E-state index in [1.165, 1.54) is 53.1 Å². The first-order chi connectivity index (χ1) is 27.1. The van der Waals surface area contributed by atoms with Crippen LogP contribution in [0.3, 0.4) is 0 Å². The minimum Gasteiger partial charge on any atom is -0.506 e.